The molecule has 7 aromatic carbocycles. The fourth-order valence-electron chi connectivity index (χ4n) is 7.24. The first-order valence-electron chi connectivity index (χ1n) is 17.3. The topological polar surface area (TPSA) is 38.5 Å². The van der Waals surface area contributed by atoms with Gasteiger partial charge in [0.1, 0.15) is 0 Å². The molecular weight excluding hydrogens is 846 g/mol. The third-order valence-electron chi connectivity index (χ3n) is 9.63. The number of anilines is 2. The van der Waals surface area contributed by atoms with E-state index in [1.54, 1.807) is 0 Å². The van der Waals surface area contributed by atoms with Gasteiger partial charge in [-0.3, -0.25) is 4.57 Å². The van der Waals surface area contributed by atoms with E-state index < -0.39 is 0 Å². The molecule has 0 bridgehead atoms. The minimum absolute atomic E-state index is 0. The second-order valence-electron chi connectivity index (χ2n) is 12.8. The molecule has 2 aromatic heterocycles. The summed E-state index contributed by atoms with van der Waals surface area (Å²) in [5.41, 5.74) is 9.38. The molecule has 0 unspecified atom stereocenters. The molecule has 0 atom stereocenters. The van der Waals surface area contributed by atoms with Crippen LogP contribution in [0.15, 0.2) is 176 Å². The SMILES string of the molecule is [CH3-].[Pt].[c-]1c(Oc2[c-]c3c(cc2)c2ccccc2n3-c2nc3ccccc3n2-c2ccccc2)cccc1N1C=CN(c2ccccc2-c2ccccc2)C1. The summed E-state index contributed by atoms with van der Waals surface area (Å²) in [5, 5.41) is 2.20. The minimum Gasteiger partial charge on any atom is -0.509 e. The molecule has 1 aliphatic rings. The van der Waals surface area contributed by atoms with Crippen LogP contribution in [0.2, 0.25) is 0 Å². The van der Waals surface area contributed by atoms with Crippen LogP contribution in [-0.2, 0) is 21.1 Å². The summed E-state index contributed by atoms with van der Waals surface area (Å²) in [6.45, 7) is 0.657. The quantitative estimate of drug-likeness (QED) is 0.150. The van der Waals surface area contributed by atoms with Crippen LogP contribution < -0.4 is 14.5 Å². The first kappa shape index (κ1) is 34.7. The Kier molecular flexibility index (Phi) is 9.37. The average molecular weight is 880 g/mol. The van der Waals surface area contributed by atoms with Gasteiger partial charge in [-0.2, -0.15) is 12.1 Å². The molecule has 7 heteroatoms. The molecule has 0 radical (unpaired) electrons. The molecule has 9 aromatic rings. The first-order chi connectivity index (χ1) is 25.8. The third kappa shape index (κ3) is 6.05. The number of hydrogen-bond donors (Lipinski definition) is 0. The van der Waals surface area contributed by atoms with E-state index in [-0.39, 0.29) is 28.5 Å². The van der Waals surface area contributed by atoms with Crippen LogP contribution in [0.4, 0.5) is 11.4 Å². The summed E-state index contributed by atoms with van der Waals surface area (Å²) in [6, 6.07) is 63.3. The van der Waals surface area contributed by atoms with Crippen LogP contribution in [-0.4, -0.2) is 20.8 Å². The number of para-hydroxylation sites is 5. The molecule has 3 heterocycles. The number of hydrogen-bond acceptors (Lipinski definition) is 4. The van der Waals surface area contributed by atoms with Crippen molar-refractivity contribution < 1.29 is 25.8 Å². The van der Waals surface area contributed by atoms with Crippen molar-refractivity contribution in [1.82, 2.24) is 14.1 Å². The Morgan fingerprint density at radius 2 is 1.22 bits per heavy atom. The maximum Gasteiger partial charge on any atom is 0.218 e. The predicted molar refractivity (Wildman–Crippen MR) is 217 cm³/mol. The zero-order chi connectivity index (χ0) is 34.4. The minimum atomic E-state index is 0. The summed E-state index contributed by atoms with van der Waals surface area (Å²) < 4.78 is 10.9. The molecule has 54 heavy (non-hydrogen) atoms. The predicted octanol–water partition coefficient (Wildman–Crippen LogP) is 11.4. The summed E-state index contributed by atoms with van der Waals surface area (Å²) in [6.07, 6.45) is 4.21. The average Bonchev–Trinajstić information content (AvgIpc) is 3.93. The number of imidazole rings is 1. The van der Waals surface area contributed by atoms with Crippen molar-refractivity contribution in [1.29, 1.82) is 0 Å². The van der Waals surface area contributed by atoms with E-state index >= 15 is 0 Å². The standard InChI is InChI=1S/C46H31N5O.CH3.Pt/c1-3-14-33(15-4-1)38-20-7-10-23-42(38)49-29-28-48(32-49)35-18-13-19-36(30-35)52-37-26-27-40-39-21-8-11-24-43(39)51(45(40)31-37)46-47-41-22-9-12-25-44(41)50(46)34-16-5-2-6-17-34;;/h1-29H,32H2;1H3;/q-2;-1;. The van der Waals surface area contributed by atoms with Gasteiger partial charge >= 0.3 is 0 Å². The number of fused-ring (bicyclic) bond motifs is 4. The fraction of sp³-hybridized carbons (Fsp3) is 0.0213. The van der Waals surface area contributed by atoms with E-state index in [9.17, 15) is 0 Å². The van der Waals surface area contributed by atoms with Gasteiger partial charge in [0.25, 0.3) is 0 Å². The van der Waals surface area contributed by atoms with E-state index in [0.717, 1.165) is 55.8 Å². The Balaban J connectivity index is 0.00000207. The fourth-order valence-corrected chi connectivity index (χ4v) is 7.24. The van der Waals surface area contributed by atoms with Crippen molar-refractivity contribution in [2.45, 2.75) is 0 Å². The Morgan fingerprint density at radius 3 is 2.07 bits per heavy atom. The smallest absolute Gasteiger partial charge is 0.218 e. The van der Waals surface area contributed by atoms with Crippen LogP contribution in [0, 0.1) is 19.6 Å². The Hall–Kier alpha value is -6.36. The van der Waals surface area contributed by atoms with Crippen LogP contribution in [0.3, 0.4) is 0 Å². The third-order valence-corrected chi connectivity index (χ3v) is 9.63. The van der Waals surface area contributed by atoms with Gasteiger partial charge in [-0.1, -0.05) is 108 Å². The molecule has 0 aliphatic carbocycles. The number of nitrogens with zero attached hydrogens (tertiary/aromatic N) is 5. The molecule has 266 valence electrons. The first-order valence-corrected chi connectivity index (χ1v) is 17.3. The molecule has 0 fully saturated rings. The molecule has 1 aliphatic heterocycles. The molecule has 10 rings (SSSR count). The van der Waals surface area contributed by atoms with Gasteiger partial charge in [-0.25, -0.2) is 4.98 Å². The van der Waals surface area contributed by atoms with Crippen molar-refractivity contribution in [3.63, 3.8) is 0 Å². The van der Waals surface area contributed by atoms with E-state index in [4.69, 9.17) is 9.72 Å². The molecule has 0 amide bonds. The summed E-state index contributed by atoms with van der Waals surface area (Å²) in [5.74, 6) is 2.01. The van der Waals surface area contributed by atoms with Crippen molar-refractivity contribution in [3.05, 3.63) is 196 Å². The van der Waals surface area contributed by atoms with Gasteiger partial charge in [-0.05, 0) is 47.3 Å². The van der Waals surface area contributed by atoms with E-state index in [1.165, 1.54) is 11.1 Å². The number of benzene rings is 7. The Bertz CT molecular complexity index is 2770. The second-order valence-corrected chi connectivity index (χ2v) is 12.8. The number of aromatic nitrogens is 3. The molecule has 0 N–H and O–H groups in total. The van der Waals surface area contributed by atoms with Crippen molar-refractivity contribution in [3.8, 4) is 34.3 Å². The van der Waals surface area contributed by atoms with Gasteiger partial charge < -0.3 is 26.5 Å². The van der Waals surface area contributed by atoms with E-state index in [2.05, 4.69) is 171 Å². The van der Waals surface area contributed by atoms with Crippen LogP contribution in [0.5, 0.6) is 11.5 Å². The Morgan fingerprint density at radius 1 is 0.537 bits per heavy atom. The van der Waals surface area contributed by atoms with E-state index in [1.807, 2.05) is 36.4 Å². The summed E-state index contributed by atoms with van der Waals surface area (Å²) >= 11 is 0. The van der Waals surface area contributed by atoms with Crippen molar-refractivity contribution in [2.75, 3.05) is 16.5 Å². The molecule has 6 nitrogen and oxygen atoms in total. The van der Waals surface area contributed by atoms with Gasteiger partial charge in [0.2, 0.25) is 5.95 Å². The Labute approximate surface area is 329 Å². The monoisotopic (exact) mass is 879 g/mol. The molecular formula is C47H34N5OPt-3. The maximum absolute atomic E-state index is 6.52. The van der Waals surface area contributed by atoms with Crippen LogP contribution in [0.1, 0.15) is 0 Å². The molecule has 0 spiro atoms. The summed E-state index contributed by atoms with van der Waals surface area (Å²) in [4.78, 5) is 9.63. The van der Waals surface area contributed by atoms with Crippen molar-refractivity contribution >= 4 is 44.2 Å². The largest absolute Gasteiger partial charge is 0.509 e. The normalized spacial score (nSPS) is 12.3. The van der Waals surface area contributed by atoms with Crippen LogP contribution in [0.25, 0.3) is 55.6 Å². The summed E-state index contributed by atoms with van der Waals surface area (Å²) in [7, 11) is 0. The number of ether oxygens (including phenoxy) is 1. The molecule has 0 saturated carbocycles. The number of rotatable bonds is 7. The van der Waals surface area contributed by atoms with Crippen LogP contribution >= 0.6 is 0 Å². The molecule has 0 saturated heterocycles. The van der Waals surface area contributed by atoms with Gasteiger partial charge in [0.15, 0.2) is 0 Å². The zero-order valence-corrected chi connectivity index (χ0v) is 31.7. The van der Waals surface area contributed by atoms with Gasteiger partial charge in [0.05, 0.1) is 23.4 Å². The van der Waals surface area contributed by atoms with Gasteiger partial charge in [-0.15, -0.1) is 35.7 Å². The second kappa shape index (κ2) is 14.6. The van der Waals surface area contributed by atoms with Crippen molar-refractivity contribution in [2.24, 2.45) is 0 Å². The van der Waals surface area contributed by atoms with Gasteiger partial charge in [0, 0.05) is 61.7 Å². The maximum atomic E-state index is 6.52. The van der Waals surface area contributed by atoms with E-state index in [0.29, 0.717) is 18.2 Å². The zero-order valence-electron chi connectivity index (χ0n) is 29.4.